The first-order valence-corrected chi connectivity index (χ1v) is 8.43. The molecule has 0 saturated heterocycles. The van der Waals surface area contributed by atoms with Crippen LogP contribution in [0.25, 0.3) is 0 Å². The van der Waals surface area contributed by atoms with Gasteiger partial charge in [-0.05, 0) is 55.3 Å². The van der Waals surface area contributed by atoms with E-state index in [9.17, 15) is 0 Å². The molecule has 19 heavy (non-hydrogen) atoms. The first-order valence-electron chi connectivity index (χ1n) is 7.64. The van der Waals surface area contributed by atoms with Gasteiger partial charge in [0.05, 0.1) is 0 Å². The lowest BCUT2D eigenvalue weighted by Gasteiger charge is -2.36. The van der Waals surface area contributed by atoms with E-state index < -0.39 is 0 Å². The van der Waals surface area contributed by atoms with E-state index in [4.69, 9.17) is 0 Å². The number of rotatable bonds is 7. The zero-order valence-electron chi connectivity index (χ0n) is 12.2. The minimum absolute atomic E-state index is 0.757. The van der Waals surface area contributed by atoms with Gasteiger partial charge in [0.1, 0.15) is 0 Å². The second kappa shape index (κ2) is 7.44. The van der Waals surface area contributed by atoms with Gasteiger partial charge in [-0.2, -0.15) is 0 Å². The van der Waals surface area contributed by atoms with E-state index in [1.54, 1.807) is 0 Å². The van der Waals surface area contributed by atoms with Gasteiger partial charge < -0.3 is 5.32 Å². The Balaban J connectivity index is 1.57. The van der Waals surface area contributed by atoms with E-state index in [2.05, 4.69) is 59.4 Å². The predicted molar refractivity (Wildman–Crippen MR) is 86.6 cm³/mol. The molecule has 1 nitrogen and oxygen atoms in total. The van der Waals surface area contributed by atoms with Gasteiger partial charge in [0.25, 0.3) is 0 Å². The maximum atomic E-state index is 3.69. The molecule has 106 valence electrons. The van der Waals surface area contributed by atoms with E-state index in [0.717, 1.165) is 17.9 Å². The van der Waals surface area contributed by atoms with Crippen molar-refractivity contribution < 1.29 is 0 Å². The summed E-state index contributed by atoms with van der Waals surface area (Å²) in [4.78, 5) is 0. The first kappa shape index (κ1) is 15.1. The second-order valence-electron chi connectivity index (χ2n) is 6.26. The van der Waals surface area contributed by atoms with Gasteiger partial charge in [0, 0.05) is 10.5 Å². The molecule has 2 heteroatoms. The van der Waals surface area contributed by atoms with Gasteiger partial charge in [-0.1, -0.05) is 54.8 Å². The third kappa shape index (κ3) is 4.92. The van der Waals surface area contributed by atoms with E-state index in [0.29, 0.717) is 0 Å². The minimum Gasteiger partial charge on any atom is -0.314 e. The Hall–Kier alpha value is -0.340. The standard InChI is InChI=1S/C17H26BrN/c1-13(2)5-3-4-10-19-17-11-15(12-17)14-6-8-16(18)9-7-14/h6-9,13,15,17,19H,3-5,10-12H2,1-2H3. The van der Waals surface area contributed by atoms with Crippen LogP contribution in [-0.2, 0) is 0 Å². The summed E-state index contributed by atoms with van der Waals surface area (Å²) in [6, 6.07) is 9.58. The summed E-state index contributed by atoms with van der Waals surface area (Å²) < 4.78 is 1.18. The van der Waals surface area contributed by atoms with Crippen molar-refractivity contribution in [3.63, 3.8) is 0 Å². The third-order valence-electron chi connectivity index (χ3n) is 4.12. The Bertz CT molecular complexity index is 365. The van der Waals surface area contributed by atoms with E-state index in [1.807, 2.05) is 0 Å². The topological polar surface area (TPSA) is 12.0 Å². The van der Waals surface area contributed by atoms with Crippen LogP contribution in [0.3, 0.4) is 0 Å². The van der Waals surface area contributed by atoms with Gasteiger partial charge in [-0.15, -0.1) is 0 Å². The summed E-state index contributed by atoms with van der Waals surface area (Å²) in [7, 11) is 0. The van der Waals surface area contributed by atoms with Crippen LogP contribution in [-0.4, -0.2) is 12.6 Å². The van der Waals surface area contributed by atoms with Crippen LogP contribution in [0.1, 0.15) is 57.4 Å². The average Bonchev–Trinajstić information content (AvgIpc) is 2.32. The van der Waals surface area contributed by atoms with Gasteiger partial charge >= 0.3 is 0 Å². The molecule has 0 heterocycles. The van der Waals surface area contributed by atoms with Crippen molar-refractivity contribution in [1.82, 2.24) is 5.32 Å². The molecule has 1 fully saturated rings. The molecule has 0 aromatic heterocycles. The van der Waals surface area contributed by atoms with Crippen molar-refractivity contribution in [3.8, 4) is 0 Å². The van der Waals surface area contributed by atoms with Gasteiger partial charge in [-0.25, -0.2) is 0 Å². The van der Waals surface area contributed by atoms with Crippen molar-refractivity contribution in [3.05, 3.63) is 34.3 Å². The zero-order chi connectivity index (χ0) is 13.7. The molecule has 2 rings (SSSR count). The Morgan fingerprint density at radius 3 is 2.47 bits per heavy atom. The Morgan fingerprint density at radius 2 is 1.84 bits per heavy atom. The van der Waals surface area contributed by atoms with Crippen molar-refractivity contribution in [2.45, 2.75) is 57.9 Å². The lowest BCUT2D eigenvalue weighted by atomic mass is 9.76. The SMILES string of the molecule is CC(C)CCCCNC1CC(c2ccc(Br)cc2)C1. The van der Waals surface area contributed by atoms with Crippen molar-refractivity contribution in [2.75, 3.05) is 6.54 Å². The molecule has 0 amide bonds. The molecule has 0 radical (unpaired) electrons. The number of hydrogen-bond acceptors (Lipinski definition) is 1. The molecule has 1 aromatic rings. The Kier molecular flexibility index (Phi) is 5.90. The molecular formula is C17H26BrN. The Labute approximate surface area is 126 Å². The highest BCUT2D eigenvalue weighted by molar-refractivity contribution is 9.10. The second-order valence-corrected chi connectivity index (χ2v) is 7.18. The summed E-state index contributed by atoms with van der Waals surface area (Å²) in [5.41, 5.74) is 1.50. The summed E-state index contributed by atoms with van der Waals surface area (Å²) in [5.74, 6) is 1.63. The van der Waals surface area contributed by atoms with Crippen molar-refractivity contribution in [2.24, 2.45) is 5.92 Å². The summed E-state index contributed by atoms with van der Waals surface area (Å²) in [5, 5.41) is 3.69. The van der Waals surface area contributed by atoms with Crippen molar-refractivity contribution in [1.29, 1.82) is 0 Å². The van der Waals surface area contributed by atoms with Gasteiger partial charge in [0.15, 0.2) is 0 Å². The number of hydrogen-bond donors (Lipinski definition) is 1. The molecule has 1 N–H and O–H groups in total. The number of unbranched alkanes of at least 4 members (excludes halogenated alkanes) is 1. The highest BCUT2D eigenvalue weighted by Gasteiger charge is 2.29. The minimum atomic E-state index is 0.757. The molecule has 1 aliphatic carbocycles. The molecule has 0 atom stereocenters. The fourth-order valence-corrected chi connectivity index (χ4v) is 3.04. The number of benzene rings is 1. The maximum Gasteiger partial charge on any atom is 0.0175 e. The molecule has 1 saturated carbocycles. The summed E-state index contributed by atoms with van der Waals surface area (Å²) >= 11 is 3.49. The maximum absolute atomic E-state index is 3.69. The molecule has 0 unspecified atom stereocenters. The zero-order valence-corrected chi connectivity index (χ0v) is 13.7. The molecule has 0 bridgehead atoms. The Morgan fingerprint density at radius 1 is 1.16 bits per heavy atom. The summed E-state index contributed by atoms with van der Waals surface area (Å²) in [6.45, 7) is 5.81. The fraction of sp³-hybridized carbons (Fsp3) is 0.647. The molecular weight excluding hydrogens is 298 g/mol. The highest BCUT2D eigenvalue weighted by Crippen LogP contribution is 2.37. The van der Waals surface area contributed by atoms with Crippen LogP contribution in [0.2, 0.25) is 0 Å². The first-order chi connectivity index (χ1) is 9.15. The van der Waals surface area contributed by atoms with E-state index in [1.165, 1.54) is 48.7 Å². The van der Waals surface area contributed by atoms with Crippen LogP contribution in [0, 0.1) is 5.92 Å². The lowest BCUT2D eigenvalue weighted by Crippen LogP contribution is -2.40. The van der Waals surface area contributed by atoms with Gasteiger partial charge in [0.2, 0.25) is 0 Å². The van der Waals surface area contributed by atoms with Crippen LogP contribution in [0.15, 0.2) is 28.7 Å². The average molecular weight is 324 g/mol. The van der Waals surface area contributed by atoms with Gasteiger partial charge in [-0.3, -0.25) is 0 Å². The fourth-order valence-electron chi connectivity index (χ4n) is 2.78. The van der Waals surface area contributed by atoms with E-state index in [-0.39, 0.29) is 0 Å². The van der Waals surface area contributed by atoms with Crippen LogP contribution < -0.4 is 5.32 Å². The third-order valence-corrected chi connectivity index (χ3v) is 4.65. The largest absolute Gasteiger partial charge is 0.314 e. The lowest BCUT2D eigenvalue weighted by molar-refractivity contribution is 0.289. The smallest absolute Gasteiger partial charge is 0.0175 e. The molecule has 0 aliphatic heterocycles. The molecule has 0 spiro atoms. The molecule has 1 aromatic carbocycles. The monoisotopic (exact) mass is 323 g/mol. The number of halogens is 1. The summed E-state index contributed by atoms with van der Waals surface area (Å²) in [6.07, 6.45) is 6.69. The highest BCUT2D eigenvalue weighted by atomic mass is 79.9. The quantitative estimate of drug-likeness (QED) is 0.687. The van der Waals surface area contributed by atoms with Crippen LogP contribution >= 0.6 is 15.9 Å². The van der Waals surface area contributed by atoms with E-state index >= 15 is 0 Å². The molecule has 1 aliphatic rings. The van der Waals surface area contributed by atoms with Crippen LogP contribution in [0.4, 0.5) is 0 Å². The number of nitrogens with one attached hydrogen (secondary N) is 1. The normalized spacial score (nSPS) is 22.5. The van der Waals surface area contributed by atoms with Crippen LogP contribution in [0.5, 0.6) is 0 Å². The predicted octanol–water partition coefficient (Wildman–Crippen LogP) is 5.11. The van der Waals surface area contributed by atoms with Crippen molar-refractivity contribution >= 4 is 15.9 Å².